The highest BCUT2D eigenvalue weighted by atomic mass is 32.2. The largest absolute Gasteiger partial charge is 0.377 e. The molecule has 1 unspecified atom stereocenters. The third-order valence-electron chi connectivity index (χ3n) is 5.92. The van der Waals surface area contributed by atoms with Crippen LogP contribution in [0, 0.1) is 4.78 Å². The lowest BCUT2D eigenvalue weighted by Crippen LogP contribution is -2.44. The van der Waals surface area contributed by atoms with Gasteiger partial charge in [0.25, 0.3) is 0 Å². The zero-order valence-corrected chi connectivity index (χ0v) is 16.8. The first-order chi connectivity index (χ1) is 13.4. The van der Waals surface area contributed by atoms with E-state index in [-0.39, 0.29) is 6.04 Å². The van der Waals surface area contributed by atoms with Crippen LogP contribution >= 0.6 is 0 Å². The molecule has 3 aromatic heterocycles. The van der Waals surface area contributed by atoms with Gasteiger partial charge >= 0.3 is 0 Å². The molecule has 2 atom stereocenters. The summed E-state index contributed by atoms with van der Waals surface area (Å²) in [6.07, 6.45) is 6.68. The Morgan fingerprint density at radius 1 is 1.43 bits per heavy atom. The fraction of sp³-hybridized carbons (Fsp3) is 0.474. The third-order valence-corrected chi connectivity index (χ3v) is 8.03. The zero-order valence-electron chi connectivity index (χ0n) is 16.0. The molecule has 28 heavy (non-hydrogen) atoms. The molecule has 5 rings (SSSR count). The molecular weight excluding hydrogens is 376 g/mol. The van der Waals surface area contributed by atoms with Crippen molar-refractivity contribution < 1.29 is 8.95 Å². The minimum Gasteiger partial charge on any atom is -0.377 e. The summed E-state index contributed by atoms with van der Waals surface area (Å²) >= 11 is 0. The Balaban J connectivity index is 1.76. The van der Waals surface area contributed by atoms with Gasteiger partial charge in [0.05, 0.1) is 56.9 Å². The quantitative estimate of drug-likeness (QED) is 0.701. The van der Waals surface area contributed by atoms with E-state index in [0.29, 0.717) is 13.2 Å². The molecule has 1 saturated carbocycles. The number of ether oxygens (including phenoxy) is 1. The van der Waals surface area contributed by atoms with Crippen molar-refractivity contribution in [3.05, 3.63) is 36.3 Å². The van der Waals surface area contributed by atoms with Crippen molar-refractivity contribution in [3.8, 4) is 11.3 Å². The smallest absolute Gasteiger partial charge is 0.167 e. The van der Waals surface area contributed by atoms with Crippen LogP contribution < -0.4 is 4.90 Å². The number of aromatic amines is 1. The minimum atomic E-state index is -2.78. The van der Waals surface area contributed by atoms with Gasteiger partial charge in [0.2, 0.25) is 0 Å². The summed E-state index contributed by atoms with van der Waals surface area (Å²) < 4.78 is 27.9. The minimum absolute atomic E-state index is 0.200. The Morgan fingerprint density at radius 3 is 2.89 bits per heavy atom. The summed E-state index contributed by atoms with van der Waals surface area (Å²) in [6, 6.07) is 6.12. The van der Waals surface area contributed by atoms with Gasteiger partial charge in [-0.05, 0) is 31.9 Å². The number of nitrogens with zero attached hydrogens (tertiary/aromatic N) is 4. The molecule has 148 valence electrons. The van der Waals surface area contributed by atoms with Gasteiger partial charge < -0.3 is 14.6 Å². The SMILES string of the molecule is C[C@@H]1COCCN1c1cc(C2(S(C)(=N)=O)CC2)n2ncc(-c3ccc[nH]3)c2n1. The number of hydrogen-bond acceptors (Lipinski definition) is 6. The molecule has 1 saturated heterocycles. The van der Waals surface area contributed by atoms with Crippen molar-refractivity contribution >= 4 is 21.2 Å². The van der Waals surface area contributed by atoms with Crippen LogP contribution in [0.5, 0.6) is 0 Å². The number of rotatable bonds is 4. The van der Waals surface area contributed by atoms with Crippen LogP contribution in [0.1, 0.15) is 25.5 Å². The van der Waals surface area contributed by atoms with E-state index in [1.165, 1.54) is 0 Å². The Labute approximate surface area is 163 Å². The highest BCUT2D eigenvalue weighted by Gasteiger charge is 2.53. The zero-order chi connectivity index (χ0) is 19.5. The number of H-pyrrole nitrogens is 1. The van der Waals surface area contributed by atoms with Gasteiger partial charge in [-0.15, -0.1) is 0 Å². The number of aromatic nitrogens is 4. The van der Waals surface area contributed by atoms with Crippen LogP contribution in [-0.2, 0) is 19.2 Å². The molecule has 0 bridgehead atoms. The second-order valence-electron chi connectivity index (χ2n) is 7.83. The fourth-order valence-electron chi connectivity index (χ4n) is 4.14. The van der Waals surface area contributed by atoms with E-state index < -0.39 is 14.5 Å². The monoisotopic (exact) mass is 400 g/mol. The van der Waals surface area contributed by atoms with E-state index in [1.807, 2.05) is 24.4 Å². The summed E-state index contributed by atoms with van der Waals surface area (Å²) in [5.41, 5.74) is 3.39. The number of morpholine rings is 1. The average Bonchev–Trinajstić information content (AvgIpc) is 3.11. The molecule has 1 aliphatic carbocycles. The first-order valence-electron chi connectivity index (χ1n) is 9.51. The number of anilines is 1. The highest BCUT2D eigenvalue weighted by Crippen LogP contribution is 2.53. The predicted molar refractivity (Wildman–Crippen MR) is 108 cm³/mol. The first-order valence-corrected chi connectivity index (χ1v) is 11.5. The molecule has 0 radical (unpaired) electrons. The van der Waals surface area contributed by atoms with Gasteiger partial charge in [0.1, 0.15) is 5.82 Å². The van der Waals surface area contributed by atoms with Gasteiger partial charge in [0, 0.05) is 25.1 Å². The molecule has 0 spiro atoms. The van der Waals surface area contributed by atoms with Gasteiger partial charge in [0.15, 0.2) is 5.65 Å². The maximum atomic E-state index is 12.9. The Kier molecular flexibility index (Phi) is 3.82. The highest BCUT2D eigenvalue weighted by molar-refractivity contribution is 7.93. The van der Waals surface area contributed by atoms with Crippen molar-refractivity contribution in [2.24, 2.45) is 0 Å². The summed E-state index contributed by atoms with van der Waals surface area (Å²) in [4.78, 5) is 10.4. The molecule has 0 aromatic carbocycles. The Morgan fingerprint density at radius 2 is 2.25 bits per heavy atom. The first kappa shape index (κ1) is 17.7. The standard InChI is InChI=1S/C19H24N6O2S/c1-13-12-27-9-8-24(13)17-10-16(19(5-6-19)28(2,20)26)25-18(23-17)14(11-22-25)15-4-3-7-21-15/h3-4,7,10-11,13,20-21H,5-6,8-9,12H2,1-2H3/t13-,28?/m1/s1. The van der Waals surface area contributed by atoms with Gasteiger partial charge in [-0.25, -0.2) is 13.7 Å². The Bertz CT molecular complexity index is 1130. The molecule has 2 fully saturated rings. The summed E-state index contributed by atoms with van der Waals surface area (Å²) in [5.74, 6) is 0.835. The number of nitrogens with one attached hydrogen (secondary N) is 2. The lowest BCUT2D eigenvalue weighted by Gasteiger charge is -2.35. The van der Waals surface area contributed by atoms with E-state index in [2.05, 4.69) is 21.9 Å². The molecule has 4 heterocycles. The summed E-state index contributed by atoms with van der Waals surface area (Å²) in [7, 11) is -2.78. The lowest BCUT2D eigenvalue weighted by molar-refractivity contribution is 0.0985. The van der Waals surface area contributed by atoms with E-state index in [1.54, 1.807) is 17.0 Å². The fourth-order valence-corrected chi connectivity index (χ4v) is 5.56. The summed E-state index contributed by atoms with van der Waals surface area (Å²) in [6.45, 7) is 4.18. The maximum absolute atomic E-state index is 12.9. The van der Waals surface area contributed by atoms with E-state index in [4.69, 9.17) is 14.5 Å². The molecule has 0 amide bonds. The maximum Gasteiger partial charge on any atom is 0.167 e. The van der Waals surface area contributed by atoms with Gasteiger partial charge in [-0.1, -0.05) is 0 Å². The number of hydrogen-bond donors (Lipinski definition) is 2. The lowest BCUT2D eigenvalue weighted by atomic mass is 10.2. The average molecular weight is 401 g/mol. The van der Waals surface area contributed by atoms with Crippen molar-refractivity contribution in [3.63, 3.8) is 0 Å². The topological polar surface area (TPSA) is 99.4 Å². The molecule has 1 aliphatic heterocycles. The molecule has 8 nitrogen and oxygen atoms in total. The van der Waals surface area contributed by atoms with Crippen molar-refractivity contribution in [1.82, 2.24) is 19.6 Å². The van der Waals surface area contributed by atoms with Crippen LogP contribution in [0.4, 0.5) is 5.82 Å². The van der Waals surface area contributed by atoms with Crippen LogP contribution in [0.15, 0.2) is 30.6 Å². The van der Waals surface area contributed by atoms with Crippen LogP contribution in [-0.4, -0.2) is 55.8 Å². The molecule has 3 aromatic rings. The third kappa shape index (κ3) is 2.56. The molecule has 2 aliphatic rings. The van der Waals surface area contributed by atoms with E-state index in [0.717, 1.165) is 47.8 Å². The van der Waals surface area contributed by atoms with Crippen molar-refractivity contribution in [2.75, 3.05) is 30.9 Å². The normalized spacial score (nSPS) is 23.6. The second kappa shape index (κ2) is 6.05. The van der Waals surface area contributed by atoms with Crippen molar-refractivity contribution in [1.29, 1.82) is 4.78 Å². The van der Waals surface area contributed by atoms with Crippen molar-refractivity contribution in [2.45, 2.75) is 30.6 Å². The van der Waals surface area contributed by atoms with Gasteiger partial charge in [-0.3, -0.25) is 4.78 Å². The Hall–Kier alpha value is -2.39. The van der Waals surface area contributed by atoms with E-state index >= 15 is 0 Å². The van der Waals surface area contributed by atoms with Crippen LogP contribution in [0.25, 0.3) is 16.9 Å². The predicted octanol–water partition coefficient (Wildman–Crippen LogP) is 2.62. The molecular formula is C19H24N6O2S. The second-order valence-corrected chi connectivity index (χ2v) is 10.3. The summed E-state index contributed by atoms with van der Waals surface area (Å²) in [5, 5.41) is 4.58. The molecule has 9 heteroatoms. The number of fused-ring (bicyclic) bond motifs is 1. The van der Waals surface area contributed by atoms with Crippen LogP contribution in [0.3, 0.4) is 0 Å². The molecule has 2 N–H and O–H groups in total. The van der Waals surface area contributed by atoms with E-state index in [9.17, 15) is 4.21 Å². The van der Waals surface area contributed by atoms with Crippen LogP contribution in [0.2, 0.25) is 0 Å². The van der Waals surface area contributed by atoms with Gasteiger partial charge in [-0.2, -0.15) is 5.10 Å².